The predicted molar refractivity (Wildman–Crippen MR) is 138 cm³/mol. The van der Waals surface area contributed by atoms with Gasteiger partial charge in [0.25, 0.3) is 5.69 Å². The van der Waals surface area contributed by atoms with Crippen LogP contribution in [0.5, 0.6) is 0 Å². The maximum Gasteiger partial charge on any atom is 0.338 e. The molecule has 1 aliphatic rings. The van der Waals surface area contributed by atoms with E-state index in [1.807, 2.05) is 37.3 Å². The van der Waals surface area contributed by atoms with Gasteiger partial charge in [0.2, 0.25) is 0 Å². The topological polar surface area (TPSA) is 99.0 Å². The van der Waals surface area contributed by atoms with Crippen molar-refractivity contribution in [3.05, 3.63) is 69.8 Å². The summed E-state index contributed by atoms with van der Waals surface area (Å²) in [5.74, 6) is -0.555. The Morgan fingerprint density at radius 2 is 1.72 bits per heavy atom. The molecule has 8 nitrogen and oxygen atoms in total. The number of methoxy groups -OCH3 is 1. The van der Waals surface area contributed by atoms with Gasteiger partial charge in [-0.1, -0.05) is 45.0 Å². The number of ether oxygens (including phenoxy) is 2. The van der Waals surface area contributed by atoms with E-state index in [4.69, 9.17) is 9.47 Å². The van der Waals surface area contributed by atoms with Gasteiger partial charge < -0.3 is 14.4 Å². The maximum absolute atomic E-state index is 12.5. The number of hydrogen-bond donors (Lipinski definition) is 0. The zero-order valence-corrected chi connectivity index (χ0v) is 21.5. The average Bonchev–Trinajstić information content (AvgIpc) is 2.87. The number of carbonyl (C=O) groups is 2. The van der Waals surface area contributed by atoms with Gasteiger partial charge in [0.15, 0.2) is 0 Å². The zero-order chi connectivity index (χ0) is 26.2. The third-order valence-corrected chi connectivity index (χ3v) is 6.70. The van der Waals surface area contributed by atoms with Gasteiger partial charge in [0.05, 0.1) is 24.0 Å². The number of benzene rings is 2. The van der Waals surface area contributed by atoms with Crippen molar-refractivity contribution >= 4 is 23.3 Å². The van der Waals surface area contributed by atoms with Gasteiger partial charge in [-0.3, -0.25) is 14.9 Å². The Kier molecular flexibility index (Phi) is 9.44. The van der Waals surface area contributed by atoms with Crippen molar-refractivity contribution in [2.45, 2.75) is 70.9 Å². The Labute approximate surface area is 212 Å². The van der Waals surface area contributed by atoms with Gasteiger partial charge in [0, 0.05) is 18.7 Å². The summed E-state index contributed by atoms with van der Waals surface area (Å²) in [6, 6.07) is 14.3. The standard InChI is InChI=1S/C28H36N2O6/c1-19(2)18-29(23-11-13-24(14-12-23)36-28(32)21-8-6-5-7-9-21)25-15-10-22(17-26(25)30(33)34)20(3)16-27(31)35-4/h5-10,15,17,19-20,23-24H,11-14,16,18H2,1-4H3/t20-,23-,24+/m1/s1. The zero-order valence-electron chi connectivity index (χ0n) is 21.5. The molecule has 194 valence electrons. The first-order valence-corrected chi connectivity index (χ1v) is 12.6. The lowest BCUT2D eigenvalue weighted by molar-refractivity contribution is -0.384. The summed E-state index contributed by atoms with van der Waals surface area (Å²) in [4.78, 5) is 38.0. The van der Waals surface area contributed by atoms with Crippen LogP contribution in [0.4, 0.5) is 11.4 Å². The van der Waals surface area contributed by atoms with Crippen LogP contribution in [0.3, 0.4) is 0 Å². The van der Waals surface area contributed by atoms with E-state index in [2.05, 4.69) is 18.7 Å². The van der Waals surface area contributed by atoms with Crippen LogP contribution in [0.1, 0.15) is 74.7 Å². The smallest absolute Gasteiger partial charge is 0.338 e. The van der Waals surface area contributed by atoms with Crippen molar-refractivity contribution in [1.29, 1.82) is 0 Å². The minimum atomic E-state index is -0.347. The van der Waals surface area contributed by atoms with E-state index in [1.165, 1.54) is 7.11 Å². The van der Waals surface area contributed by atoms with Gasteiger partial charge in [-0.15, -0.1) is 0 Å². The van der Waals surface area contributed by atoms with Crippen molar-refractivity contribution in [2.75, 3.05) is 18.6 Å². The fourth-order valence-electron chi connectivity index (χ4n) is 4.79. The lowest BCUT2D eigenvalue weighted by Gasteiger charge is -2.39. The molecule has 1 aliphatic carbocycles. The third-order valence-electron chi connectivity index (χ3n) is 6.70. The van der Waals surface area contributed by atoms with Crippen LogP contribution in [0.2, 0.25) is 0 Å². The summed E-state index contributed by atoms with van der Waals surface area (Å²) in [5.41, 5.74) is 1.91. The molecule has 3 rings (SSSR count). The van der Waals surface area contributed by atoms with Crippen molar-refractivity contribution in [3.63, 3.8) is 0 Å². The number of anilines is 1. The van der Waals surface area contributed by atoms with Crippen LogP contribution in [0.15, 0.2) is 48.5 Å². The van der Waals surface area contributed by atoms with Crippen LogP contribution in [0.25, 0.3) is 0 Å². The Morgan fingerprint density at radius 1 is 1.06 bits per heavy atom. The second-order valence-corrected chi connectivity index (χ2v) is 9.93. The number of carbonyl (C=O) groups excluding carboxylic acids is 2. The number of hydrogen-bond acceptors (Lipinski definition) is 7. The molecule has 36 heavy (non-hydrogen) atoms. The summed E-state index contributed by atoms with van der Waals surface area (Å²) < 4.78 is 10.5. The SMILES string of the molecule is COC(=O)C[C@@H](C)c1ccc(N(CC(C)C)[C@H]2CC[C@@H](OC(=O)c3ccccc3)CC2)c([N+](=O)[O-])c1. The van der Waals surface area contributed by atoms with E-state index >= 15 is 0 Å². The maximum atomic E-state index is 12.5. The fourth-order valence-corrected chi connectivity index (χ4v) is 4.79. The second-order valence-electron chi connectivity index (χ2n) is 9.93. The average molecular weight is 497 g/mol. The monoisotopic (exact) mass is 496 g/mol. The van der Waals surface area contributed by atoms with Gasteiger partial charge >= 0.3 is 11.9 Å². The van der Waals surface area contributed by atoms with Crippen molar-refractivity contribution in [1.82, 2.24) is 0 Å². The summed E-state index contributed by atoms with van der Waals surface area (Å²) in [6.07, 6.45) is 2.97. The molecule has 0 amide bonds. The molecule has 0 heterocycles. The number of nitro groups is 1. The molecule has 2 aromatic rings. The Hall–Kier alpha value is -3.42. The van der Waals surface area contributed by atoms with Gasteiger partial charge in [-0.05, 0) is 61.3 Å². The van der Waals surface area contributed by atoms with Crippen molar-refractivity contribution < 1.29 is 24.0 Å². The molecule has 8 heteroatoms. The lowest BCUT2D eigenvalue weighted by atomic mass is 9.90. The molecule has 1 atom stereocenters. The third kappa shape index (κ3) is 7.06. The molecule has 2 aromatic carbocycles. The predicted octanol–water partition coefficient (Wildman–Crippen LogP) is 5.89. The van der Waals surface area contributed by atoms with E-state index < -0.39 is 0 Å². The normalized spacial score (nSPS) is 18.4. The number of rotatable bonds is 10. The molecule has 0 aliphatic heterocycles. The largest absolute Gasteiger partial charge is 0.469 e. The van der Waals surface area contributed by atoms with Crippen LogP contribution < -0.4 is 4.90 Å². The minimum Gasteiger partial charge on any atom is -0.469 e. The molecule has 0 aromatic heterocycles. The van der Waals surface area contributed by atoms with Gasteiger partial charge in [0.1, 0.15) is 11.8 Å². The number of nitrogens with zero attached hydrogens (tertiary/aromatic N) is 2. The highest BCUT2D eigenvalue weighted by Gasteiger charge is 2.32. The number of nitro benzene ring substituents is 1. The van der Waals surface area contributed by atoms with Crippen LogP contribution in [0, 0.1) is 16.0 Å². The molecule has 1 fully saturated rings. The molecule has 0 N–H and O–H groups in total. The summed E-state index contributed by atoms with van der Waals surface area (Å²) in [5, 5.41) is 12.1. The molecule has 0 spiro atoms. The summed E-state index contributed by atoms with van der Waals surface area (Å²) in [6.45, 7) is 6.73. The van der Waals surface area contributed by atoms with Crippen molar-refractivity contribution in [2.24, 2.45) is 5.92 Å². The first-order chi connectivity index (χ1) is 17.2. The van der Waals surface area contributed by atoms with E-state index in [1.54, 1.807) is 18.2 Å². The highest BCUT2D eigenvalue weighted by atomic mass is 16.6. The van der Waals surface area contributed by atoms with Crippen LogP contribution >= 0.6 is 0 Å². The van der Waals surface area contributed by atoms with E-state index in [0.717, 1.165) is 18.4 Å². The van der Waals surface area contributed by atoms with Gasteiger partial charge in [-0.2, -0.15) is 0 Å². The Balaban J connectivity index is 1.76. The first kappa shape index (κ1) is 27.2. The van der Waals surface area contributed by atoms with Gasteiger partial charge in [-0.25, -0.2) is 4.79 Å². The van der Waals surface area contributed by atoms with E-state index in [-0.39, 0.29) is 47.0 Å². The molecular formula is C28H36N2O6. The van der Waals surface area contributed by atoms with Crippen LogP contribution in [-0.2, 0) is 14.3 Å². The molecule has 1 saturated carbocycles. The molecule has 0 unspecified atom stereocenters. The fraction of sp³-hybridized carbons (Fsp3) is 0.500. The molecule has 0 saturated heterocycles. The molecule has 0 bridgehead atoms. The lowest BCUT2D eigenvalue weighted by Crippen LogP contribution is -2.42. The quantitative estimate of drug-likeness (QED) is 0.230. The Morgan fingerprint density at radius 3 is 2.31 bits per heavy atom. The van der Waals surface area contributed by atoms with E-state index in [0.29, 0.717) is 36.6 Å². The highest BCUT2D eigenvalue weighted by Crippen LogP contribution is 2.37. The Bertz CT molecular complexity index is 1050. The minimum absolute atomic E-state index is 0.0440. The molecular weight excluding hydrogens is 460 g/mol. The molecule has 0 radical (unpaired) electrons. The van der Waals surface area contributed by atoms with E-state index in [9.17, 15) is 19.7 Å². The first-order valence-electron chi connectivity index (χ1n) is 12.6. The second kappa shape index (κ2) is 12.5. The number of esters is 2. The highest BCUT2D eigenvalue weighted by molar-refractivity contribution is 5.89. The van der Waals surface area contributed by atoms with Crippen molar-refractivity contribution in [3.8, 4) is 0 Å². The summed E-state index contributed by atoms with van der Waals surface area (Å²) in [7, 11) is 1.34. The van der Waals surface area contributed by atoms with Crippen LogP contribution in [-0.4, -0.2) is 42.7 Å². The summed E-state index contributed by atoms with van der Waals surface area (Å²) >= 11 is 0.